The number of hydrogen-bond acceptors (Lipinski definition) is 2. The Hall–Kier alpha value is -1.74. The van der Waals surface area contributed by atoms with Crippen LogP contribution in [0.3, 0.4) is 0 Å². The maximum atomic E-state index is 12.3. The van der Waals surface area contributed by atoms with Crippen LogP contribution >= 0.6 is 11.8 Å². The molecular formula is C18H21NOS. The molecule has 2 rings (SSSR count). The summed E-state index contributed by atoms with van der Waals surface area (Å²) in [5.74, 6) is 0.0430. The molecule has 0 aliphatic rings. The number of aryl methyl sites for hydroxylation is 2. The number of anilines is 1. The van der Waals surface area contributed by atoms with Crippen LogP contribution in [0.15, 0.2) is 53.4 Å². The number of para-hydroxylation sites is 1. The molecule has 2 nitrogen and oxygen atoms in total. The molecule has 0 radical (unpaired) electrons. The van der Waals surface area contributed by atoms with Gasteiger partial charge in [0.05, 0.1) is 5.25 Å². The van der Waals surface area contributed by atoms with Crippen LogP contribution in [0, 0.1) is 6.92 Å². The fraction of sp³-hybridized carbons (Fsp3) is 0.278. The lowest BCUT2D eigenvalue weighted by Gasteiger charge is -2.14. The second kappa shape index (κ2) is 7.32. The van der Waals surface area contributed by atoms with Crippen molar-refractivity contribution < 1.29 is 4.79 Å². The maximum Gasteiger partial charge on any atom is 0.237 e. The molecule has 0 aromatic heterocycles. The van der Waals surface area contributed by atoms with E-state index in [1.165, 1.54) is 11.1 Å². The molecule has 0 aliphatic heterocycles. The third-order valence-electron chi connectivity index (χ3n) is 3.36. The summed E-state index contributed by atoms with van der Waals surface area (Å²) in [5.41, 5.74) is 3.31. The average molecular weight is 299 g/mol. The number of hydrogen-bond donors (Lipinski definition) is 1. The Morgan fingerprint density at radius 2 is 1.81 bits per heavy atom. The van der Waals surface area contributed by atoms with Crippen molar-refractivity contribution >= 4 is 23.4 Å². The minimum Gasteiger partial charge on any atom is -0.325 e. The first-order valence-corrected chi connectivity index (χ1v) is 8.10. The number of carbonyl (C=O) groups excluding carboxylic acids is 1. The third-order valence-corrected chi connectivity index (χ3v) is 4.47. The molecule has 0 bridgehead atoms. The highest BCUT2D eigenvalue weighted by atomic mass is 32.2. The topological polar surface area (TPSA) is 29.1 Å². The minimum atomic E-state index is -0.127. The van der Waals surface area contributed by atoms with E-state index in [9.17, 15) is 4.79 Å². The van der Waals surface area contributed by atoms with E-state index in [2.05, 4.69) is 43.4 Å². The van der Waals surface area contributed by atoms with Gasteiger partial charge in [0.2, 0.25) is 5.91 Å². The summed E-state index contributed by atoms with van der Waals surface area (Å²) < 4.78 is 0. The number of thioether (sulfide) groups is 1. The molecule has 110 valence electrons. The molecule has 0 aliphatic carbocycles. The van der Waals surface area contributed by atoms with Crippen LogP contribution in [0.5, 0.6) is 0 Å². The normalized spacial score (nSPS) is 12.0. The second-order valence-corrected chi connectivity index (χ2v) is 6.49. The largest absolute Gasteiger partial charge is 0.325 e. The smallest absolute Gasteiger partial charge is 0.237 e. The van der Waals surface area contributed by atoms with Crippen LogP contribution in [-0.4, -0.2) is 11.2 Å². The van der Waals surface area contributed by atoms with Gasteiger partial charge in [0, 0.05) is 10.6 Å². The molecule has 0 spiro atoms. The zero-order valence-corrected chi connectivity index (χ0v) is 13.5. The molecule has 0 saturated carbocycles. The lowest BCUT2D eigenvalue weighted by atomic mass is 10.1. The van der Waals surface area contributed by atoms with Crippen molar-refractivity contribution in [2.24, 2.45) is 0 Å². The van der Waals surface area contributed by atoms with Gasteiger partial charge in [-0.25, -0.2) is 0 Å². The molecule has 2 aromatic rings. The van der Waals surface area contributed by atoms with Gasteiger partial charge in [-0.1, -0.05) is 42.8 Å². The van der Waals surface area contributed by atoms with Gasteiger partial charge >= 0.3 is 0 Å². The summed E-state index contributed by atoms with van der Waals surface area (Å²) in [6.45, 7) is 6.09. The Morgan fingerprint density at radius 1 is 1.14 bits per heavy atom. The maximum absolute atomic E-state index is 12.3. The SMILES string of the molecule is CCc1ccccc1NC(=O)[C@H](C)Sc1ccc(C)cc1. The number of nitrogens with one attached hydrogen (secondary N) is 1. The van der Waals surface area contributed by atoms with E-state index in [0.29, 0.717) is 0 Å². The van der Waals surface area contributed by atoms with Crippen molar-refractivity contribution in [3.63, 3.8) is 0 Å². The number of rotatable bonds is 5. The van der Waals surface area contributed by atoms with E-state index in [4.69, 9.17) is 0 Å². The molecule has 3 heteroatoms. The molecule has 1 amide bonds. The highest BCUT2D eigenvalue weighted by Crippen LogP contribution is 2.25. The molecule has 2 aromatic carbocycles. The van der Waals surface area contributed by atoms with Crippen molar-refractivity contribution in [1.29, 1.82) is 0 Å². The fourth-order valence-corrected chi connectivity index (χ4v) is 2.93. The summed E-state index contributed by atoms with van der Waals surface area (Å²) in [6, 6.07) is 16.2. The number of benzene rings is 2. The lowest BCUT2D eigenvalue weighted by molar-refractivity contribution is -0.115. The van der Waals surface area contributed by atoms with Crippen LogP contribution in [-0.2, 0) is 11.2 Å². The number of carbonyl (C=O) groups is 1. The van der Waals surface area contributed by atoms with Crippen molar-refractivity contribution in [3.05, 3.63) is 59.7 Å². The average Bonchev–Trinajstić information content (AvgIpc) is 2.50. The van der Waals surface area contributed by atoms with Gasteiger partial charge in [-0.3, -0.25) is 4.79 Å². The quantitative estimate of drug-likeness (QED) is 0.812. The summed E-state index contributed by atoms with van der Waals surface area (Å²) in [4.78, 5) is 13.4. The number of amides is 1. The zero-order chi connectivity index (χ0) is 15.2. The van der Waals surface area contributed by atoms with Crippen molar-refractivity contribution in [2.75, 3.05) is 5.32 Å². The molecule has 0 heterocycles. The van der Waals surface area contributed by atoms with E-state index in [1.54, 1.807) is 11.8 Å². The Balaban J connectivity index is 2.01. The van der Waals surface area contributed by atoms with Gasteiger partial charge in [0.25, 0.3) is 0 Å². The van der Waals surface area contributed by atoms with Crippen LogP contribution < -0.4 is 5.32 Å². The van der Waals surface area contributed by atoms with E-state index < -0.39 is 0 Å². The molecule has 21 heavy (non-hydrogen) atoms. The van der Waals surface area contributed by atoms with Gasteiger partial charge in [-0.2, -0.15) is 0 Å². The summed E-state index contributed by atoms with van der Waals surface area (Å²) in [7, 11) is 0. The van der Waals surface area contributed by atoms with Gasteiger partial charge < -0.3 is 5.32 Å². The Bertz CT molecular complexity index is 607. The molecular weight excluding hydrogens is 278 g/mol. The molecule has 1 N–H and O–H groups in total. The summed E-state index contributed by atoms with van der Waals surface area (Å²) in [6.07, 6.45) is 0.913. The van der Waals surface area contributed by atoms with E-state index in [1.807, 2.05) is 31.2 Å². The van der Waals surface area contributed by atoms with Crippen LogP contribution in [0.4, 0.5) is 5.69 Å². The first kappa shape index (κ1) is 15.6. The molecule has 1 atom stereocenters. The second-order valence-electron chi connectivity index (χ2n) is 5.07. The van der Waals surface area contributed by atoms with Gasteiger partial charge in [-0.05, 0) is 44.0 Å². The summed E-state index contributed by atoms with van der Waals surface area (Å²) >= 11 is 1.58. The van der Waals surface area contributed by atoms with Crippen LogP contribution in [0.25, 0.3) is 0 Å². The molecule has 0 saturated heterocycles. The van der Waals surface area contributed by atoms with Gasteiger partial charge in [-0.15, -0.1) is 11.8 Å². The van der Waals surface area contributed by atoms with Crippen molar-refractivity contribution in [2.45, 2.75) is 37.3 Å². The van der Waals surface area contributed by atoms with E-state index in [-0.39, 0.29) is 11.2 Å². The first-order chi connectivity index (χ1) is 10.1. The Morgan fingerprint density at radius 3 is 2.48 bits per heavy atom. The van der Waals surface area contributed by atoms with Crippen LogP contribution in [0.2, 0.25) is 0 Å². The molecule has 0 unspecified atom stereocenters. The van der Waals surface area contributed by atoms with E-state index in [0.717, 1.165) is 17.0 Å². The molecule has 0 fully saturated rings. The third kappa shape index (κ3) is 4.36. The standard InChI is InChI=1S/C18H21NOS/c1-4-15-7-5-6-8-17(15)19-18(20)14(3)21-16-11-9-13(2)10-12-16/h5-12,14H,4H2,1-3H3,(H,19,20)/t14-/m0/s1. The highest BCUT2D eigenvalue weighted by Gasteiger charge is 2.15. The first-order valence-electron chi connectivity index (χ1n) is 7.22. The zero-order valence-electron chi connectivity index (χ0n) is 12.7. The van der Waals surface area contributed by atoms with Crippen LogP contribution in [0.1, 0.15) is 25.0 Å². The lowest BCUT2D eigenvalue weighted by Crippen LogP contribution is -2.23. The monoisotopic (exact) mass is 299 g/mol. The highest BCUT2D eigenvalue weighted by molar-refractivity contribution is 8.00. The Kier molecular flexibility index (Phi) is 5.45. The van der Waals surface area contributed by atoms with Crippen molar-refractivity contribution in [1.82, 2.24) is 0 Å². The summed E-state index contributed by atoms with van der Waals surface area (Å²) in [5, 5.41) is 2.91. The van der Waals surface area contributed by atoms with Crippen molar-refractivity contribution in [3.8, 4) is 0 Å². The predicted octanol–water partition coefficient (Wildman–Crippen LogP) is 4.68. The minimum absolute atomic E-state index is 0.0430. The Labute approximate surface area is 131 Å². The fourth-order valence-electron chi connectivity index (χ4n) is 2.06. The van der Waals surface area contributed by atoms with Gasteiger partial charge in [0.1, 0.15) is 0 Å². The predicted molar refractivity (Wildman–Crippen MR) is 90.9 cm³/mol. The van der Waals surface area contributed by atoms with Gasteiger partial charge in [0.15, 0.2) is 0 Å². The van der Waals surface area contributed by atoms with E-state index >= 15 is 0 Å².